The average Bonchev–Trinajstić information content (AvgIpc) is 3.46. The molecule has 160 valence electrons. The lowest BCUT2D eigenvalue weighted by Gasteiger charge is -2.29. The van der Waals surface area contributed by atoms with Crippen LogP contribution in [0.2, 0.25) is 0 Å². The zero-order valence-corrected chi connectivity index (χ0v) is 16.2. The van der Waals surface area contributed by atoms with E-state index in [-0.39, 0.29) is 37.7 Å². The number of amides is 2. The van der Waals surface area contributed by atoms with Crippen LogP contribution in [0.15, 0.2) is 18.2 Å². The van der Waals surface area contributed by atoms with Crippen LogP contribution in [0.1, 0.15) is 18.4 Å². The Morgan fingerprint density at radius 3 is 2.72 bits per heavy atom. The summed E-state index contributed by atoms with van der Waals surface area (Å²) in [5.74, 6) is -0.486. The van der Waals surface area contributed by atoms with E-state index in [2.05, 4.69) is 5.32 Å². The fourth-order valence-electron chi connectivity index (χ4n) is 3.37. The van der Waals surface area contributed by atoms with Crippen molar-refractivity contribution >= 4 is 23.2 Å². The van der Waals surface area contributed by atoms with E-state index in [0.717, 1.165) is 18.9 Å². The molecule has 0 aromatic heterocycles. The van der Waals surface area contributed by atoms with E-state index in [1.807, 2.05) is 0 Å². The van der Waals surface area contributed by atoms with E-state index in [1.54, 1.807) is 11.9 Å². The summed E-state index contributed by atoms with van der Waals surface area (Å²) in [6, 6.07) is 2.72. The molecule has 2 aliphatic rings. The number of alkyl halides is 3. The first-order valence-electron chi connectivity index (χ1n) is 9.51. The standard InChI is InChI=1S/C19H25F3N4O3/c1-25(10-12-2-3-12)16(9-23)18(28)24-15-5-4-13(8-14(15)19(20,21)22)26-6-7-29-11-17(26)27/h4-5,8,12,16H,2-3,6-7,9-11,23H2,1H3,(H,24,28)/t16-/m1/s1. The minimum atomic E-state index is -4.70. The first-order valence-corrected chi connectivity index (χ1v) is 9.51. The number of rotatable bonds is 7. The van der Waals surface area contributed by atoms with Gasteiger partial charge in [0.05, 0.1) is 17.9 Å². The Morgan fingerprint density at radius 1 is 1.41 bits per heavy atom. The van der Waals surface area contributed by atoms with E-state index >= 15 is 0 Å². The van der Waals surface area contributed by atoms with Crippen molar-refractivity contribution in [3.8, 4) is 0 Å². The van der Waals surface area contributed by atoms with Crippen LogP contribution >= 0.6 is 0 Å². The third kappa shape index (κ3) is 5.26. The minimum absolute atomic E-state index is 0.00321. The van der Waals surface area contributed by atoms with Crippen LogP contribution in [-0.4, -0.2) is 62.7 Å². The van der Waals surface area contributed by atoms with Crippen LogP contribution in [0.25, 0.3) is 0 Å². The SMILES string of the molecule is CN(CC1CC1)[C@H](CN)C(=O)Nc1ccc(N2CCOCC2=O)cc1C(F)(F)F. The molecule has 29 heavy (non-hydrogen) atoms. The smallest absolute Gasteiger partial charge is 0.370 e. The zero-order chi connectivity index (χ0) is 21.2. The van der Waals surface area contributed by atoms with Gasteiger partial charge >= 0.3 is 6.18 Å². The van der Waals surface area contributed by atoms with Crippen molar-refractivity contribution in [1.82, 2.24) is 4.90 Å². The molecule has 1 aliphatic carbocycles. The first-order chi connectivity index (χ1) is 13.7. The van der Waals surface area contributed by atoms with Gasteiger partial charge in [0.1, 0.15) is 12.6 Å². The quantitative estimate of drug-likeness (QED) is 0.709. The molecule has 0 unspecified atom stereocenters. The highest BCUT2D eigenvalue weighted by atomic mass is 19.4. The molecular weight excluding hydrogens is 389 g/mol. The second-order valence-electron chi connectivity index (χ2n) is 7.45. The van der Waals surface area contributed by atoms with Gasteiger partial charge in [-0.1, -0.05) is 0 Å². The topological polar surface area (TPSA) is 87.9 Å². The number of hydrogen-bond acceptors (Lipinski definition) is 5. The second-order valence-corrected chi connectivity index (χ2v) is 7.45. The van der Waals surface area contributed by atoms with Gasteiger partial charge in [-0.15, -0.1) is 0 Å². The number of ether oxygens (including phenoxy) is 1. The molecule has 1 aliphatic heterocycles. The monoisotopic (exact) mass is 414 g/mol. The Balaban J connectivity index is 1.81. The lowest BCUT2D eigenvalue weighted by molar-refractivity contribution is -0.137. The molecule has 0 bridgehead atoms. The van der Waals surface area contributed by atoms with Crippen molar-refractivity contribution in [3.05, 3.63) is 23.8 Å². The number of benzene rings is 1. The van der Waals surface area contributed by atoms with Crippen LogP contribution in [0, 0.1) is 5.92 Å². The van der Waals surface area contributed by atoms with Gasteiger partial charge in [-0.05, 0) is 44.0 Å². The Bertz CT molecular complexity index is 768. The molecule has 3 N–H and O–H groups in total. The molecule has 1 aromatic carbocycles. The summed E-state index contributed by atoms with van der Waals surface area (Å²) in [5, 5.41) is 2.38. The van der Waals surface area contributed by atoms with Crippen LogP contribution in [-0.2, 0) is 20.5 Å². The molecule has 1 aromatic rings. The first kappa shape index (κ1) is 21.5. The highest BCUT2D eigenvalue weighted by Gasteiger charge is 2.36. The van der Waals surface area contributed by atoms with Crippen molar-refractivity contribution in [2.24, 2.45) is 11.7 Å². The molecular formula is C19H25F3N4O3. The van der Waals surface area contributed by atoms with E-state index in [0.29, 0.717) is 12.5 Å². The second kappa shape index (κ2) is 8.68. The number of hydrogen-bond donors (Lipinski definition) is 2. The Morgan fingerprint density at radius 2 is 2.14 bits per heavy atom. The van der Waals surface area contributed by atoms with Crippen molar-refractivity contribution < 1.29 is 27.5 Å². The average molecular weight is 414 g/mol. The number of carbonyl (C=O) groups is 2. The molecule has 1 saturated heterocycles. The van der Waals surface area contributed by atoms with Gasteiger partial charge in [0, 0.05) is 25.3 Å². The maximum atomic E-state index is 13.7. The normalized spacial score (nSPS) is 18.8. The van der Waals surface area contributed by atoms with E-state index in [1.165, 1.54) is 17.0 Å². The minimum Gasteiger partial charge on any atom is -0.370 e. The van der Waals surface area contributed by atoms with Gasteiger partial charge in [0.2, 0.25) is 5.91 Å². The molecule has 0 spiro atoms. The van der Waals surface area contributed by atoms with Gasteiger partial charge in [-0.3, -0.25) is 14.5 Å². The predicted octanol–water partition coefficient (Wildman–Crippen LogP) is 1.68. The molecule has 2 fully saturated rings. The summed E-state index contributed by atoms with van der Waals surface area (Å²) in [6.45, 7) is 0.918. The van der Waals surface area contributed by atoms with Crippen LogP contribution < -0.4 is 16.0 Å². The molecule has 10 heteroatoms. The molecule has 1 heterocycles. The van der Waals surface area contributed by atoms with Gasteiger partial charge < -0.3 is 20.7 Å². The molecule has 2 amide bonds. The van der Waals surface area contributed by atoms with Crippen molar-refractivity contribution in [2.75, 3.05) is 50.1 Å². The van der Waals surface area contributed by atoms with E-state index in [9.17, 15) is 22.8 Å². The number of anilines is 2. The number of carbonyl (C=O) groups excluding carboxylic acids is 2. The van der Waals surface area contributed by atoms with Crippen LogP contribution in [0.5, 0.6) is 0 Å². The molecule has 7 nitrogen and oxygen atoms in total. The number of likely N-dealkylation sites (N-methyl/N-ethyl adjacent to an activating group) is 1. The molecule has 3 rings (SSSR count). The van der Waals surface area contributed by atoms with Crippen LogP contribution in [0.4, 0.5) is 24.5 Å². The third-order valence-electron chi connectivity index (χ3n) is 5.16. The van der Waals surface area contributed by atoms with E-state index < -0.39 is 29.6 Å². The van der Waals surface area contributed by atoms with Crippen LogP contribution in [0.3, 0.4) is 0 Å². The van der Waals surface area contributed by atoms with Gasteiger partial charge in [-0.2, -0.15) is 13.2 Å². The number of morpholine rings is 1. The summed E-state index contributed by atoms with van der Waals surface area (Å²) in [6.07, 6.45) is -2.53. The number of nitrogens with zero attached hydrogens (tertiary/aromatic N) is 2. The lowest BCUT2D eigenvalue weighted by Crippen LogP contribution is -2.47. The summed E-state index contributed by atoms with van der Waals surface area (Å²) >= 11 is 0. The maximum Gasteiger partial charge on any atom is 0.418 e. The highest BCUT2D eigenvalue weighted by molar-refractivity contribution is 5.97. The summed E-state index contributed by atoms with van der Waals surface area (Å²) in [5.41, 5.74) is 4.45. The summed E-state index contributed by atoms with van der Waals surface area (Å²) < 4.78 is 46.0. The lowest BCUT2D eigenvalue weighted by atomic mass is 10.1. The van der Waals surface area contributed by atoms with Crippen molar-refractivity contribution in [2.45, 2.75) is 25.1 Å². The van der Waals surface area contributed by atoms with Gasteiger partial charge in [0.15, 0.2) is 0 Å². The third-order valence-corrected chi connectivity index (χ3v) is 5.16. The van der Waals surface area contributed by atoms with Crippen molar-refractivity contribution in [1.29, 1.82) is 0 Å². The number of nitrogens with two attached hydrogens (primary N) is 1. The zero-order valence-electron chi connectivity index (χ0n) is 16.2. The number of nitrogens with one attached hydrogen (secondary N) is 1. The van der Waals surface area contributed by atoms with Gasteiger partial charge in [0.25, 0.3) is 5.91 Å². The Kier molecular flexibility index (Phi) is 6.45. The number of halogens is 3. The highest BCUT2D eigenvalue weighted by Crippen LogP contribution is 2.38. The molecule has 0 radical (unpaired) electrons. The molecule has 1 atom stereocenters. The van der Waals surface area contributed by atoms with Gasteiger partial charge in [-0.25, -0.2) is 0 Å². The Hall–Kier alpha value is -2.17. The maximum absolute atomic E-state index is 13.7. The predicted molar refractivity (Wildman–Crippen MR) is 101 cm³/mol. The summed E-state index contributed by atoms with van der Waals surface area (Å²) in [4.78, 5) is 27.6. The Labute approximate surface area is 167 Å². The molecule has 1 saturated carbocycles. The van der Waals surface area contributed by atoms with Crippen molar-refractivity contribution in [3.63, 3.8) is 0 Å². The fraction of sp³-hybridized carbons (Fsp3) is 0.579. The van der Waals surface area contributed by atoms with E-state index in [4.69, 9.17) is 10.5 Å². The summed E-state index contributed by atoms with van der Waals surface area (Å²) in [7, 11) is 1.74. The fourth-order valence-corrected chi connectivity index (χ4v) is 3.37. The largest absolute Gasteiger partial charge is 0.418 e.